The molecule has 0 amide bonds. The Morgan fingerprint density at radius 2 is 1.74 bits per heavy atom. The molecular formula is C20H21N5O5S. The van der Waals surface area contributed by atoms with E-state index in [9.17, 15) is 8.42 Å². The van der Waals surface area contributed by atoms with Crippen molar-refractivity contribution in [3.05, 3.63) is 42.4 Å². The van der Waals surface area contributed by atoms with Crippen molar-refractivity contribution < 1.29 is 22.4 Å². The highest BCUT2D eigenvalue weighted by Gasteiger charge is 2.30. The molecule has 1 fully saturated rings. The number of pyridine rings is 1. The Morgan fingerprint density at radius 1 is 0.968 bits per heavy atom. The van der Waals surface area contributed by atoms with E-state index in [1.165, 1.54) is 10.4 Å². The minimum atomic E-state index is -3.62. The summed E-state index contributed by atoms with van der Waals surface area (Å²) in [7, 11) is -3.62. The van der Waals surface area contributed by atoms with Crippen LogP contribution in [-0.2, 0) is 10.0 Å². The van der Waals surface area contributed by atoms with Crippen LogP contribution in [0.1, 0.15) is 5.89 Å². The Hall–Kier alpha value is -3.18. The first-order valence-electron chi connectivity index (χ1n) is 9.92. The Balaban J connectivity index is 1.26. The summed E-state index contributed by atoms with van der Waals surface area (Å²) >= 11 is 0. The summed E-state index contributed by atoms with van der Waals surface area (Å²) in [5.41, 5.74) is 0.764. The first kappa shape index (κ1) is 19.8. The molecule has 162 valence electrons. The second-order valence-corrected chi connectivity index (χ2v) is 9.18. The fraction of sp³-hybridized carbons (Fsp3) is 0.350. The smallest absolute Gasteiger partial charge is 0.243 e. The predicted molar refractivity (Wildman–Crippen MR) is 111 cm³/mol. The molecule has 1 saturated heterocycles. The maximum atomic E-state index is 13.1. The largest absolute Gasteiger partial charge is 0.486 e. The highest BCUT2D eigenvalue weighted by atomic mass is 32.2. The van der Waals surface area contributed by atoms with Gasteiger partial charge in [0.1, 0.15) is 19.0 Å². The van der Waals surface area contributed by atoms with Crippen LogP contribution in [0, 0.1) is 6.92 Å². The van der Waals surface area contributed by atoms with E-state index in [1.54, 1.807) is 25.3 Å². The molecule has 0 N–H and O–H groups in total. The average molecular weight is 443 g/mol. The second kappa shape index (κ2) is 7.82. The second-order valence-electron chi connectivity index (χ2n) is 7.24. The summed E-state index contributed by atoms with van der Waals surface area (Å²) in [5.74, 6) is 2.80. The van der Waals surface area contributed by atoms with E-state index in [4.69, 9.17) is 14.0 Å². The third kappa shape index (κ3) is 3.81. The average Bonchev–Trinajstić information content (AvgIpc) is 3.25. The number of anilines is 1. The molecule has 2 aromatic heterocycles. The van der Waals surface area contributed by atoms with E-state index >= 15 is 0 Å². The van der Waals surface area contributed by atoms with Gasteiger partial charge >= 0.3 is 0 Å². The van der Waals surface area contributed by atoms with Crippen LogP contribution in [0.15, 0.2) is 45.9 Å². The molecule has 4 heterocycles. The zero-order valence-corrected chi connectivity index (χ0v) is 17.7. The first-order valence-corrected chi connectivity index (χ1v) is 11.4. The number of sulfonamides is 1. The molecular weight excluding hydrogens is 422 g/mol. The monoisotopic (exact) mass is 443 g/mol. The van der Waals surface area contributed by atoms with Crippen molar-refractivity contribution in [1.82, 2.24) is 19.4 Å². The van der Waals surface area contributed by atoms with Crippen LogP contribution >= 0.6 is 0 Å². The number of benzene rings is 1. The predicted octanol–water partition coefficient (Wildman–Crippen LogP) is 1.72. The third-order valence-corrected chi connectivity index (χ3v) is 7.14. The summed E-state index contributed by atoms with van der Waals surface area (Å²) in [5, 5.41) is 3.89. The van der Waals surface area contributed by atoms with Crippen molar-refractivity contribution in [3.63, 3.8) is 0 Å². The topological polar surface area (TPSA) is 111 Å². The summed E-state index contributed by atoms with van der Waals surface area (Å²) < 4.78 is 43.7. The van der Waals surface area contributed by atoms with Crippen LogP contribution in [0.2, 0.25) is 0 Å². The number of piperazine rings is 1. The van der Waals surface area contributed by atoms with Gasteiger partial charge in [0.15, 0.2) is 11.5 Å². The van der Waals surface area contributed by atoms with Crippen LogP contribution in [0.4, 0.5) is 5.82 Å². The van der Waals surface area contributed by atoms with Gasteiger partial charge in [-0.15, -0.1) is 0 Å². The molecule has 10 nitrogen and oxygen atoms in total. The van der Waals surface area contributed by atoms with Gasteiger partial charge in [0.25, 0.3) is 0 Å². The van der Waals surface area contributed by atoms with Gasteiger partial charge in [-0.25, -0.2) is 13.4 Å². The molecule has 5 rings (SSSR count). The number of hydrogen-bond acceptors (Lipinski definition) is 9. The van der Waals surface area contributed by atoms with Crippen LogP contribution in [-0.4, -0.2) is 67.2 Å². The Bertz CT molecular complexity index is 1190. The Morgan fingerprint density at radius 3 is 2.42 bits per heavy atom. The van der Waals surface area contributed by atoms with E-state index < -0.39 is 10.0 Å². The van der Waals surface area contributed by atoms with Gasteiger partial charge in [-0.3, -0.25) is 0 Å². The highest BCUT2D eigenvalue weighted by molar-refractivity contribution is 7.89. The maximum Gasteiger partial charge on any atom is 0.243 e. The van der Waals surface area contributed by atoms with E-state index in [0.717, 1.165) is 11.4 Å². The lowest BCUT2D eigenvalue weighted by Gasteiger charge is -2.34. The fourth-order valence-corrected chi connectivity index (χ4v) is 5.05. The Kier molecular flexibility index (Phi) is 4.98. The van der Waals surface area contributed by atoms with Crippen molar-refractivity contribution >= 4 is 15.8 Å². The number of nitrogens with zero attached hydrogens (tertiary/aromatic N) is 5. The van der Waals surface area contributed by atoms with E-state index in [0.29, 0.717) is 62.6 Å². The minimum absolute atomic E-state index is 0.211. The minimum Gasteiger partial charge on any atom is -0.486 e. The van der Waals surface area contributed by atoms with Crippen molar-refractivity contribution in [2.45, 2.75) is 11.8 Å². The molecule has 0 saturated carbocycles. The van der Waals surface area contributed by atoms with Crippen molar-refractivity contribution in [2.24, 2.45) is 0 Å². The van der Waals surface area contributed by atoms with E-state index in [2.05, 4.69) is 20.0 Å². The number of fused-ring (bicyclic) bond motifs is 1. The molecule has 0 atom stereocenters. The van der Waals surface area contributed by atoms with Gasteiger partial charge < -0.3 is 18.9 Å². The molecule has 3 aromatic rings. The van der Waals surface area contributed by atoms with Crippen molar-refractivity contribution in [2.75, 3.05) is 44.3 Å². The van der Waals surface area contributed by atoms with Crippen LogP contribution < -0.4 is 14.4 Å². The zero-order chi connectivity index (χ0) is 21.4. The SMILES string of the molecule is Cc1nc(-c2ccc(N3CCN(S(=O)(=O)c4ccc5c(c4)OCCO5)CC3)nc2)no1. The summed E-state index contributed by atoms with van der Waals surface area (Å²) in [6.07, 6.45) is 1.69. The number of ether oxygens (including phenoxy) is 2. The fourth-order valence-electron chi connectivity index (χ4n) is 3.61. The van der Waals surface area contributed by atoms with Gasteiger partial charge in [0.05, 0.1) is 4.90 Å². The van der Waals surface area contributed by atoms with E-state index in [-0.39, 0.29) is 4.90 Å². The van der Waals surface area contributed by atoms with E-state index in [1.807, 2.05) is 12.1 Å². The lowest BCUT2D eigenvalue weighted by Crippen LogP contribution is -2.48. The van der Waals surface area contributed by atoms with Crippen LogP contribution in [0.5, 0.6) is 11.5 Å². The molecule has 0 radical (unpaired) electrons. The van der Waals surface area contributed by atoms with Gasteiger partial charge in [-0.1, -0.05) is 5.16 Å². The number of hydrogen-bond donors (Lipinski definition) is 0. The highest BCUT2D eigenvalue weighted by Crippen LogP contribution is 2.33. The standard InChI is InChI=1S/C20H21N5O5S/c1-14-22-20(23-30-14)15-2-5-19(21-13-15)24-6-8-25(9-7-24)31(26,27)16-3-4-17-18(12-16)29-11-10-28-17/h2-5,12-13H,6-11H2,1H3. The van der Waals surface area contributed by atoms with Crippen LogP contribution in [0.3, 0.4) is 0 Å². The molecule has 2 aliphatic heterocycles. The maximum absolute atomic E-state index is 13.1. The lowest BCUT2D eigenvalue weighted by molar-refractivity contribution is 0.171. The number of aryl methyl sites for hydroxylation is 1. The molecule has 0 aliphatic carbocycles. The number of rotatable bonds is 4. The Labute approximate surface area is 179 Å². The molecule has 1 aromatic carbocycles. The van der Waals surface area contributed by atoms with Gasteiger partial charge in [0, 0.05) is 50.9 Å². The lowest BCUT2D eigenvalue weighted by atomic mass is 10.2. The van der Waals surface area contributed by atoms with Crippen molar-refractivity contribution in [1.29, 1.82) is 0 Å². The van der Waals surface area contributed by atoms with Gasteiger partial charge in [-0.05, 0) is 24.3 Å². The van der Waals surface area contributed by atoms with Crippen LogP contribution in [0.25, 0.3) is 11.4 Å². The third-order valence-electron chi connectivity index (χ3n) is 5.25. The molecule has 2 aliphatic rings. The normalized spacial score (nSPS) is 17.0. The summed E-state index contributed by atoms with van der Waals surface area (Å²) in [6.45, 7) is 4.41. The number of aromatic nitrogens is 3. The molecule has 11 heteroatoms. The van der Waals surface area contributed by atoms with Gasteiger partial charge in [-0.2, -0.15) is 9.29 Å². The first-order chi connectivity index (χ1) is 15.0. The van der Waals surface area contributed by atoms with Gasteiger partial charge in [0.2, 0.25) is 21.7 Å². The summed E-state index contributed by atoms with van der Waals surface area (Å²) in [6, 6.07) is 8.51. The molecule has 31 heavy (non-hydrogen) atoms. The zero-order valence-electron chi connectivity index (χ0n) is 16.9. The quantitative estimate of drug-likeness (QED) is 0.595. The molecule has 0 bridgehead atoms. The molecule has 0 unspecified atom stereocenters. The molecule has 0 spiro atoms. The van der Waals surface area contributed by atoms with Crippen molar-refractivity contribution in [3.8, 4) is 22.9 Å². The summed E-state index contributed by atoms with van der Waals surface area (Å²) in [4.78, 5) is 10.9.